The third kappa shape index (κ3) is 2.93. The van der Waals surface area contributed by atoms with Crippen LogP contribution in [0.2, 0.25) is 0 Å². The van der Waals surface area contributed by atoms with Crippen molar-refractivity contribution in [1.29, 1.82) is 0 Å². The summed E-state index contributed by atoms with van der Waals surface area (Å²) < 4.78 is 13.5. The van der Waals surface area contributed by atoms with Crippen LogP contribution in [0.3, 0.4) is 0 Å². The van der Waals surface area contributed by atoms with Crippen molar-refractivity contribution in [3.05, 3.63) is 35.6 Å². The number of benzene rings is 1. The van der Waals surface area contributed by atoms with E-state index in [9.17, 15) is 9.18 Å². The minimum atomic E-state index is -0.190. The van der Waals surface area contributed by atoms with Crippen LogP contribution in [0.25, 0.3) is 0 Å². The van der Waals surface area contributed by atoms with Crippen LogP contribution in [-0.4, -0.2) is 59.5 Å². The van der Waals surface area contributed by atoms with E-state index in [1.807, 2.05) is 12.1 Å². The minimum Gasteiger partial charge on any atom is -0.337 e. The molecule has 3 unspecified atom stereocenters. The zero-order valence-corrected chi connectivity index (χ0v) is 16.7. The fraction of sp³-hybridized carbons (Fsp3) is 0.682. The highest BCUT2D eigenvalue weighted by Gasteiger charge is 2.55. The Balaban J connectivity index is 1.28. The molecule has 6 aliphatic rings. The molecule has 1 aromatic rings. The second-order valence-corrected chi connectivity index (χ2v) is 9.64. The molecule has 0 radical (unpaired) electrons. The Labute approximate surface area is 171 Å². The van der Waals surface area contributed by atoms with E-state index >= 15 is 0 Å². The van der Waals surface area contributed by atoms with Crippen molar-refractivity contribution >= 4 is 5.91 Å². The van der Waals surface area contributed by atoms with E-state index in [1.54, 1.807) is 12.1 Å². The maximum Gasteiger partial charge on any atom is 0.226 e. The van der Waals surface area contributed by atoms with Crippen LogP contribution in [0.5, 0.6) is 0 Å². The molecule has 0 aromatic heterocycles. The van der Waals surface area contributed by atoms with Crippen molar-refractivity contribution in [3.63, 3.8) is 0 Å². The van der Waals surface area contributed by atoms with Crippen LogP contribution in [0, 0.1) is 17.7 Å². The first-order valence-electron chi connectivity index (χ1n) is 11.2. The van der Waals surface area contributed by atoms with Gasteiger partial charge in [-0.15, -0.1) is 0 Å². The number of carbonyl (C=O) groups excluding carboxylic acids is 1. The third-order valence-electron chi connectivity index (χ3n) is 8.29. The number of nitrogens with one attached hydrogen (secondary N) is 3. The maximum absolute atomic E-state index is 13.7. The number of amides is 1. The lowest BCUT2D eigenvalue weighted by atomic mass is 9.75. The number of fused-ring (bicyclic) bond motifs is 3. The van der Waals surface area contributed by atoms with E-state index in [2.05, 4.69) is 26.2 Å². The van der Waals surface area contributed by atoms with Gasteiger partial charge in [0, 0.05) is 36.5 Å². The van der Waals surface area contributed by atoms with Gasteiger partial charge in [0.25, 0.3) is 0 Å². The summed E-state index contributed by atoms with van der Waals surface area (Å²) >= 11 is 0. The molecule has 7 heteroatoms. The first kappa shape index (κ1) is 18.2. The topological polar surface area (TPSA) is 59.6 Å². The zero-order valence-electron chi connectivity index (χ0n) is 16.7. The number of piperidine rings is 3. The number of halogens is 1. The van der Waals surface area contributed by atoms with Crippen LogP contribution < -0.4 is 16.4 Å². The number of hydrazine groups is 2. The highest BCUT2D eigenvalue weighted by molar-refractivity contribution is 5.80. The van der Waals surface area contributed by atoms with Gasteiger partial charge >= 0.3 is 0 Å². The molecule has 1 saturated carbocycles. The lowest BCUT2D eigenvalue weighted by Gasteiger charge is -2.51. The molecular formula is C22H30FN5O. The standard InChI is InChI=1S/C22H30FN5O/c23-16-4-1-13(2-5-16)17-12-28(20-14-7-9-27(10-8-14)21(17)20)22(29)15-3-6-18-19(11-15)25-26-24-18/h1-2,4-5,14-15,17-21,24-26H,3,6-12H2/t15?,17-,18?,19?,20+,21+/m1/s1. The summed E-state index contributed by atoms with van der Waals surface area (Å²) in [6, 6.07) is 8.46. The van der Waals surface area contributed by atoms with Gasteiger partial charge in [0.2, 0.25) is 5.91 Å². The van der Waals surface area contributed by atoms with E-state index in [1.165, 1.54) is 18.4 Å². The Morgan fingerprint density at radius 2 is 1.72 bits per heavy atom. The van der Waals surface area contributed by atoms with Gasteiger partial charge < -0.3 is 4.90 Å². The van der Waals surface area contributed by atoms with Crippen molar-refractivity contribution in [2.24, 2.45) is 11.8 Å². The number of rotatable bonds is 2. The summed E-state index contributed by atoms with van der Waals surface area (Å²) in [5.41, 5.74) is 10.8. The molecule has 7 rings (SSSR count). The number of hydrogen-bond donors (Lipinski definition) is 3. The summed E-state index contributed by atoms with van der Waals surface area (Å²) in [5, 5.41) is 0. The van der Waals surface area contributed by atoms with Crippen molar-refractivity contribution in [3.8, 4) is 0 Å². The van der Waals surface area contributed by atoms with Crippen molar-refractivity contribution in [2.75, 3.05) is 19.6 Å². The molecule has 156 valence electrons. The van der Waals surface area contributed by atoms with E-state index in [0.717, 1.165) is 38.9 Å². The van der Waals surface area contributed by atoms with Gasteiger partial charge in [0.15, 0.2) is 0 Å². The number of likely N-dealkylation sites (tertiary alicyclic amines) is 1. The fourth-order valence-corrected chi connectivity index (χ4v) is 6.87. The molecule has 1 aliphatic carbocycles. The van der Waals surface area contributed by atoms with Crippen molar-refractivity contribution in [1.82, 2.24) is 26.2 Å². The molecule has 5 heterocycles. The van der Waals surface area contributed by atoms with Gasteiger partial charge in [0.05, 0.1) is 6.04 Å². The molecule has 6 fully saturated rings. The molecule has 6 atom stereocenters. The molecular weight excluding hydrogens is 369 g/mol. The van der Waals surface area contributed by atoms with E-state index < -0.39 is 0 Å². The van der Waals surface area contributed by atoms with Crippen LogP contribution >= 0.6 is 0 Å². The Bertz CT molecular complexity index is 780. The third-order valence-corrected chi connectivity index (χ3v) is 8.29. The number of nitrogens with zero attached hydrogens (tertiary/aromatic N) is 2. The lowest BCUT2D eigenvalue weighted by molar-refractivity contribution is -0.141. The number of carbonyl (C=O) groups is 1. The Morgan fingerprint density at radius 1 is 0.966 bits per heavy atom. The molecule has 29 heavy (non-hydrogen) atoms. The summed E-state index contributed by atoms with van der Waals surface area (Å²) in [6.45, 7) is 3.06. The first-order valence-corrected chi connectivity index (χ1v) is 11.2. The quantitative estimate of drug-likeness (QED) is 0.701. The Kier molecular flexibility index (Phi) is 4.41. The van der Waals surface area contributed by atoms with Crippen LogP contribution in [0.1, 0.15) is 43.6 Å². The largest absolute Gasteiger partial charge is 0.337 e. The van der Waals surface area contributed by atoms with Crippen molar-refractivity contribution in [2.45, 2.75) is 62.2 Å². The van der Waals surface area contributed by atoms with E-state index in [0.29, 0.717) is 36.0 Å². The average molecular weight is 400 g/mol. The predicted octanol–water partition coefficient (Wildman–Crippen LogP) is 1.36. The first-order chi connectivity index (χ1) is 14.2. The molecule has 5 aliphatic heterocycles. The van der Waals surface area contributed by atoms with Gasteiger partial charge in [-0.1, -0.05) is 12.1 Å². The Morgan fingerprint density at radius 3 is 2.52 bits per heavy atom. The molecule has 6 nitrogen and oxygen atoms in total. The SMILES string of the molecule is O=C(C1CCC2NNNC2C1)N1C[C@H](c2ccc(F)cc2)[C@H]2[C@@H]1C1CCN2CC1. The molecule has 3 N–H and O–H groups in total. The van der Waals surface area contributed by atoms with Gasteiger partial charge in [-0.2, -0.15) is 5.53 Å². The number of hydrogen-bond acceptors (Lipinski definition) is 5. The molecule has 2 bridgehead atoms. The molecule has 1 amide bonds. The lowest BCUT2D eigenvalue weighted by Crippen LogP contribution is -2.61. The molecule has 1 aromatic carbocycles. The summed E-state index contributed by atoms with van der Waals surface area (Å²) in [7, 11) is 0. The average Bonchev–Trinajstić information content (AvgIpc) is 3.40. The monoisotopic (exact) mass is 399 g/mol. The maximum atomic E-state index is 13.7. The van der Waals surface area contributed by atoms with Gasteiger partial charge in [-0.25, -0.2) is 15.2 Å². The smallest absolute Gasteiger partial charge is 0.226 e. The highest BCUT2D eigenvalue weighted by atomic mass is 19.1. The summed E-state index contributed by atoms with van der Waals surface area (Å²) in [5.74, 6) is 1.17. The van der Waals surface area contributed by atoms with Crippen LogP contribution in [0.15, 0.2) is 24.3 Å². The van der Waals surface area contributed by atoms with E-state index in [-0.39, 0.29) is 17.7 Å². The molecule has 5 saturated heterocycles. The second-order valence-electron chi connectivity index (χ2n) is 9.64. The molecule has 0 spiro atoms. The highest BCUT2D eigenvalue weighted by Crippen LogP contribution is 2.47. The fourth-order valence-electron chi connectivity index (χ4n) is 6.87. The van der Waals surface area contributed by atoms with Gasteiger partial charge in [0.1, 0.15) is 5.82 Å². The van der Waals surface area contributed by atoms with Crippen molar-refractivity contribution < 1.29 is 9.18 Å². The van der Waals surface area contributed by atoms with Gasteiger partial charge in [-0.3, -0.25) is 9.69 Å². The summed E-state index contributed by atoms with van der Waals surface area (Å²) in [4.78, 5) is 18.6. The minimum absolute atomic E-state index is 0.105. The Hall–Kier alpha value is -1.54. The summed E-state index contributed by atoms with van der Waals surface area (Å²) in [6.07, 6.45) is 5.28. The zero-order chi connectivity index (χ0) is 19.5. The predicted molar refractivity (Wildman–Crippen MR) is 107 cm³/mol. The van der Waals surface area contributed by atoms with Crippen LogP contribution in [-0.2, 0) is 4.79 Å². The van der Waals surface area contributed by atoms with Crippen LogP contribution in [0.4, 0.5) is 4.39 Å². The normalized spacial score (nSPS) is 43.3. The van der Waals surface area contributed by atoms with E-state index in [4.69, 9.17) is 0 Å². The van der Waals surface area contributed by atoms with Gasteiger partial charge in [-0.05, 0) is 68.8 Å². The second kappa shape index (κ2) is 7.01.